The molecule has 0 aliphatic heterocycles. The number of nitrogens with one attached hydrogen (secondary N) is 1. The van der Waals surface area contributed by atoms with Gasteiger partial charge < -0.3 is 10.1 Å². The first-order valence-corrected chi connectivity index (χ1v) is 7.69. The van der Waals surface area contributed by atoms with E-state index in [2.05, 4.69) is 15.3 Å². The van der Waals surface area contributed by atoms with Gasteiger partial charge in [0.15, 0.2) is 0 Å². The Morgan fingerprint density at radius 3 is 2.52 bits per heavy atom. The number of hydrogen-bond acceptors (Lipinski definition) is 4. The van der Waals surface area contributed by atoms with E-state index >= 15 is 0 Å². The molecule has 4 nitrogen and oxygen atoms in total. The van der Waals surface area contributed by atoms with Crippen molar-refractivity contribution in [2.75, 3.05) is 5.32 Å². The maximum absolute atomic E-state index is 6.07. The van der Waals surface area contributed by atoms with Crippen LogP contribution < -0.4 is 10.1 Å². The zero-order chi connectivity index (χ0) is 16.1. The van der Waals surface area contributed by atoms with Gasteiger partial charge in [-0.3, -0.25) is 0 Å². The number of para-hydroxylation sites is 1. The third kappa shape index (κ3) is 4.34. The maximum atomic E-state index is 6.07. The summed E-state index contributed by atoms with van der Waals surface area (Å²) in [6, 6.07) is 16.6. The van der Waals surface area contributed by atoms with Crippen molar-refractivity contribution < 1.29 is 4.74 Å². The molecule has 0 radical (unpaired) electrons. The van der Waals surface area contributed by atoms with Crippen LogP contribution in [0.5, 0.6) is 11.6 Å². The second-order valence-electron chi connectivity index (χ2n) is 4.75. The van der Waals surface area contributed by atoms with Gasteiger partial charge in [0.1, 0.15) is 17.9 Å². The summed E-state index contributed by atoms with van der Waals surface area (Å²) in [7, 11) is 0. The van der Waals surface area contributed by atoms with Gasteiger partial charge in [-0.25, -0.2) is 9.97 Å². The van der Waals surface area contributed by atoms with Gasteiger partial charge in [-0.05, 0) is 29.8 Å². The lowest BCUT2D eigenvalue weighted by Crippen LogP contribution is -2.02. The molecule has 1 N–H and O–H groups in total. The van der Waals surface area contributed by atoms with Crippen molar-refractivity contribution in [1.29, 1.82) is 0 Å². The van der Waals surface area contributed by atoms with E-state index in [-0.39, 0.29) is 0 Å². The Labute approximate surface area is 144 Å². The molecule has 3 aromatic rings. The molecule has 0 saturated heterocycles. The van der Waals surface area contributed by atoms with Crippen LogP contribution in [0.4, 0.5) is 5.82 Å². The molecule has 23 heavy (non-hydrogen) atoms. The maximum Gasteiger partial charge on any atom is 0.224 e. The van der Waals surface area contributed by atoms with Crippen LogP contribution in [0.25, 0.3) is 0 Å². The molecule has 0 aliphatic rings. The number of benzene rings is 2. The molecule has 2 aromatic carbocycles. The average Bonchev–Trinajstić information content (AvgIpc) is 2.57. The van der Waals surface area contributed by atoms with E-state index in [4.69, 9.17) is 27.9 Å². The monoisotopic (exact) mass is 345 g/mol. The van der Waals surface area contributed by atoms with Crippen LogP contribution >= 0.6 is 23.2 Å². The first kappa shape index (κ1) is 15.6. The number of rotatable bonds is 5. The lowest BCUT2D eigenvalue weighted by Gasteiger charge is -2.09. The SMILES string of the molecule is Clc1ccc(CNc2cc(Oc3ccccc3Cl)ncn2)cc1. The van der Waals surface area contributed by atoms with E-state index in [0.717, 1.165) is 5.56 Å². The van der Waals surface area contributed by atoms with Crippen molar-refractivity contribution in [3.63, 3.8) is 0 Å². The summed E-state index contributed by atoms with van der Waals surface area (Å²) < 4.78 is 5.68. The van der Waals surface area contributed by atoms with Gasteiger partial charge in [0.25, 0.3) is 0 Å². The summed E-state index contributed by atoms with van der Waals surface area (Å²) >= 11 is 11.9. The fourth-order valence-electron chi connectivity index (χ4n) is 1.93. The summed E-state index contributed by atoms with van der Waals surface area (Å²) in [5, 5.41) is 4.46. The molecule has 1 heterocycles. The fourth-order valence-corrected chi connectivity index (χ4v) is 2.23. The Bertz CT molecular complexity index is 794. The molecule has 0 amide bonds. The van der Waals surface area contributed by atoms with Gasteiger partial charge in [-0.15, -0.1) is 0 Å². The summed E-state index contributed by atoms with van der Waals surface area (Å²) in [5.41, 5.74) is 1.10. The minimum atomic E-state index is 0.423. The average molecular weight is 346 g/mol. The summed E-state index contributed by atoms with van der Waals surface area (Å²) in [6.45, 7) is 0.625. The minimum Gasteiger partial charge on any atom is -0.437 e. The molecule has 0 spiro atoms. The van der Waals surface area contributed by atoms with E-state index in [1.807, 2.05) is 36.4 Å². The fraction of sp³-hybridized carbons (Fsp3) is 0.0588. The van der Waals surface area contributed by atoms with Crippen molar-refractivity contribution >= 4 is 29.0 Å². The number of anilines is 1. The molecule has 0 saturated carbocycles. The molecule has 0 bridgehead atoms. The molecule has 116 valence electrons. The molecule has 3 rings (SSSR count). The molecule has 0 atom stereocenters. The van der Waals surface area contributed by atoms with Crippen molar-refractivity contribution in [1.82, 2.24) is 9.97 Å². The predicted molar refractivity (Wildman–Crippen MR) is 92.3 cm³/mol. The zero-order valence-corrected chi connectivity index (χ0v) is 13.6. The van der Waals surface area contributed by atoms with E-state index in [1.165, 1.54) is 6.33 Å². The lowest BCUT2D eigenvalue weighted by atomic mass is 10.2. The Morgan fingerprint density at radius 2 is 1.74 bits per heavy atom. The molecule has 0 unspecified atom stereocenters. The molecular weight excluding hydrogens is 333 g/mol. The van der Waals surface area contributed by atoms with E-state index < -0.39 is 0 Å². The number of ether oxygens (including phenoxy) is 1. The molecular formula is C17H13Cl2N3O. The van der Waals surface area contributed by atoms with Gasteiger partial charge in [0, 0.05) is 17.6 Å². The topological polar surface area (TPSA) is 47.0 Å². The summed E-state index contributed by atoms with van der Waals surface area (Å²) in [5.74, 6) is 1.64. The highest BCUT2D eigenvalue weighted by Crippen LogP contribution is 2.28. The molecule has 0 aliphatic carbocycles. The molecule has 6 heteroatoms. The number of aromatic nitrogens is 2. The van der Waals surface area contributed by atoms with Crippen LogP contribution in [0.2, 0.25) is 10.0 Å². The third-order valence-electron chi connectivity index (χ3n) is 3.08. The highest BCUT2D eigenvalue weighted by atomic mass is 35.5. The van der Waals surface area contributed by atoms with Crippen LogP contribution in [0, 0.1) is 0 Å². The smallest absolute Gasteiger partial charge is 0.224 e. The van der Waals surface area contributed by atoms with Gasteiger partial charge >= 0.3 is 0 Å². The number of halogens is 2. The lowest BCUT2D eigenvalue weighted by molar-refractivity contribution is 0.462. The third-order valence-corrected chi connectivity index (χ3v) is 3.64. The van der Waals surface area contributed by atoms with E-state index in [9.17, 15) is 0 Å². The highest BCUT2D eigenvalue weighted by Gasteiger charge is 2.05. The van der Waals surface area contributed by atoms with Gasteiger partial charge in [-0.1, -0.05) is 47.5 Å². The van der Waals surface area contributed by atoms with Crippen molar-refractivity contribution in [3.05, 3.63) is 76.5 Å². The van der Waals surface area contributed by atoms with Gasteiger partial charge in [0.05, 0.1) is 5.02 Å². The number of nitrogens with zero attached hydrogens (tertiary/aromatic N) is 2. The Kier molecular flexibility index (Phi) is 4.95. The van der Waals surface area contributed by atoms with Crippen LogP contribution in [0.3, 0.4) is 0 Å². The van der Waals surface area contributed by atoms with Gasteiger partial charge in [0.2, 0.25) is 5.88 Å². The Hall–Kier alpha value is -2.30. The quantitative estimate of drug-likeness (QED) is 0.691. The summed E-state index contributed by atoms with van der Waals surface area (Å²) in [6.07, 6.45) is 1.44. The first-order valence-electron chi connectivity index (χ1n) is 6.93. The molecule has 0 fully saturated rings. The summed E-state index contributed by atoms with van der Waals surface area (Å²) in [4.78, 5) is 8.27. The van der Waals surface area contributed by atoms with Gasteiger partial charge in [-0.2, -0.15) is 0 Å². The van der Waals surface area contributed by atoms with Crippen LogP contribution in [0.1, 0.15) is 5.56 Å². The van der Waals surface area contributed by atoms with Crippen LogP contribution in [-0.2, 0) is 6.54 Å². The van der Waals surface area contributed by atoms with Crippen LogP contribution in [0.15, 0.2) is 60.9 Å². The Morgan fingerprint density at radius 1 is 0.957 bits per heavy atom. The standard InChI is InChI=1S/C17H13Cl2N3O/c18-13-7-5-12(6-8-13)10-20-16-9-17(22-11-21-16)23-15-4-2-1-3-14(15)19/h1-9,11H,10H2,(H,20,21,22). The normalized spacial score (nSPS) is 10.3. The first-order chi connectivity index (χ1) is 11.2. The van der Waals surface area contributed by atoms with Crippen molar-refractivity contribution in [2.45, 2.75) is 6.54 Å². The van der Waals surface area contributed by atoms with Crippen molar-refractivity contribution in [3.8, 4) is 11.6 Å². The van der Waals surface area contributed by atoms with Crippen LogP contribution in [-0.4, -0.2) is 9.97 Å². The largest absolute Gasteiger partial charge is 0.437 e. The second kappa shape index (κ2) is 7.31. The van der Waals surface area contributed by atoms with E-state index in [1.54, 1.807) is 18.2 Å². The minimum absolute atomic E-state index is 0.423. The highest BCUT2D eigenvalue weighted by molar-refractivity contribution is 6.32. The second-order valence-corrected chi connectivity index (χ2v) is 5.60. The zero-order valence-electron chi connectivity index (χ0n) is 12.0. The Balaban J connectivity index is 1.67. The number of hydrogen-bond donors (Lipinski definition) is 1. The van der Waals surface area contributed by atoms with Crippen molar-refractivity contribution in [2.24, 2.45) is 0 Å². The van der Waals surface area contributed by atoms with E-state index in [0.29, 0.717) is 34.0 Å². The molecule has 1 aromatic heterocycles. The predicted octanol–water partition coefficient (Wildman–Crippen LogP) is 5.19.